The molecule has 1 heterocycles. The fraction of sp³-hybridized carbons (Fsp3) is 0.909. The van der Waals surface area contributed by atoms with Crippen LogP contribution >= 0.6 is 0 Å². The highest BCUT2D eigenvalue weighted by molar-refractivity contribution is 5.84. The van der Waals surface area contributed by atoms with Crippen LogP contribution in [0.2, 0.25) is 0 Å². The highest BCUT2D eigenvalue weighted by Crippen LogP contribution is 2.38. The fourth-order valence-electron chi connectivity index (χ4n) is 2.30. The molecule has 1 fully saturated rings. The molecule has 0 spiro atoms. The molecule has 1 rings (SSSR count). The molecule has 112 valence electrons. The topological polar surface area (TPSA) is 46.3 Å². The average molecular weight is 288 g/mol. The second kappa shape index (κ2) is 5.60. The minimum absolute atomic E-state index is 0.106. The molecular formula is C11H17F5N2O. The van der Waals surface area contributed by atoms with Gasteiger partial charge >= 0.3 is 18.0 Å². The Balaban J connectivity index is 2.87. The van der Waals surface area contributed by atoms with Crippen LogP contribution in [-0.2, 0) is 4.79 Å². The van der Waals surface area contributed by atoms with E-state index in [4.69, 9.17) is 5.73 Å². The Hall–Kier alpha value is -0.920. The highest BCUT2D eigenvalue weighted by Gasteiger charge is 2.65. The number of halogens is 5. The molecule has 0 aliphatic carbocycles. The molecule has 0 bridgehead atoms. The van der Waals surface area contributed by atoms with E-state index in [-0.39, 0.29) is 19.0 Å². The third-order valence-corrected chi connectivity index (χ3v) is 3.56. The summed E-state index contributed by atoms with van der Waals surface area (Å²) in [5.41, 5.74) is 5.38. The van der Waals surface area contributed by atoms with Crippen molar-refractivity contribution in [3.05, 3.63) is 0 Å². The first kappa shape index (κ1) is 16.1. The Bertz CT molecular complexity index is 332. The number of carbonyl (C=O) groups is 1. The summed E-state index contributed by atoms with van der Waals surface area (Å²) in [4.78, 5) is 12.0. The summed E-state index contributed by atoms with van der Waals surface area (Å²) in [6.45, 7) is 1.68. The zero-order chi connectivity index (χ0) is 14.8. The number of rotatable bonds is 3. The van der Waals surface area contributed by atoms with Gasteiger partial charge in [0.1, 0.15) is 0 Å². The van der Waals surface area contributed by atoms with Crippen LogP contribution in [0.1, 0.15) is 26.2 Å². The van der Waals surface area contributed by atoms with E-state index in [2.05, 4.69) is 0 Å². The fourth-order valence-corrected chi connectivity index (χ4v) is 2.30. The van der Waals surface area contributed by atoms with Gasteiger partial charge in [-0.1, -0.05) is 13.3 Å². The van der Waals surface area contributed by atoms with Gasteiger partial charge in [-0.15, -0.1) is 0 Å². The number of hydrogen-bond donors (Lipinski definition) is 1. The zero-order valence-electron chi connectivity index (χ0n) is 10.5. The summed E-state index contributed by atoms with van der Waals surface area (Å²) in [6.07, 6.45) is -4.29. The Morgan fingerprint density at radius 3 is 2.32 bits per heavy atom. The molecule has 2 unspecified atom stereocenters. The van der Waals surface area contributed by atoms with Crippen LogP contribution in [0.3, 0.4) is 0 Å². The predicted octanol–water partition coefficient (Wildman–Crippen LogP) is 2.16. The standard InChI is InChI=1S/C11H17F5N2O/c1-2-7-3-4-18(8(5-7)6-17)9(19)10(12,13)11(14,15)16/h7-8H,2-6,17H2,1H3. The van der Waals surface area contributed by atoms with E-state index < -0.39 is 24.0 Å². The Morgan fingerprint density at radius 1 is 1.32 bits per heavy atom. The molecule has 0 radical (unpaired) electrons. The molecule has 2 atom stereocenters. The number of likely N-dealkylation sites (tertiary alicyclic amines) is 1. The van der Waals surface area contributed by atoms with Crippen molar-refractivity contribution in [1.29, 1.82) is 0 Å². The first-order valence-corrected chi connectivity index (χ1v) is 6.10. The van der Waals surface area contributed by atoms with Crippen molar-refractivity contribution in [3.63, 3.8) is 0 Å². The lowest BCUT2D eigenvalue weighted by Crippen LogP contribution is -2.58. The number of hydrogen-bond acceptors (Lipinski definition) is 2. The van der Waals surface area contributed by atoms with Crippen LogP contribution in [0.25, 0.3) is 0 Å². The van der Waals surface area contributed by atoms with Crippen LogP contribution in [0, 0.1) is 5.92 Å². The van der Waals surface area contributed by atoms with Crippen LogP contribution in [0.15, 0.2) is 0 Å². The third kappa shape index (κ3) is 3.16. The average Bonchev–Trinajstić information content (AvgIpc) is 2.35. The van der Waals surface area contributed by atoms with E-state index in [1.807, 2.05) is 6.92 Å². The summed E-state index contributed by atoms with van der Waals surface area (Å²) in [7, 11) is 0. The van der Waals surface area contributed by atoms with Crippen molar-refractivity contribution in [2.45, 2.75) is 44.3 Å². The van der Waals surface area contributed by atoms with E-state index in [9.17, 15) is 26.7 Å². The van der Waals surface area contributed by atoms with Crippen molar-refractivity contribution in [2.75, 3.05) is 13.1 Å². The minimum Gasteiger partial charge on any atom is -0.333 e. The van der Waals surface area contributed by atoms with Crippen LogP contribution in [-0.4, -0.2) is 42.0 Å². The zero-order valence-corrected chi connectivity index (χ0v) is 10.5. The lowest BCUT2D eigenvalue weighted by Gasteiger charge is -2.40. The van der Waals surface area contributed by atoms with Gasteiger partial charge in [-0.2, -0.15) is 22.0 Å². The highest BCUT2D eigenvalue weighted by atomic mass is 19.4. The van der Waals surface area contributed by atoms with Gasteiger partial charge in [0.15, 0.2) is 0 Å². The van der Waals surface area contributed by atoms with Gasteiger partial charge in [-0.05, 0) is 18.8 Å². The molecule has 2 N–H and O–H groups in total. The van der Waals surface area contributed by atoms with E-state index in [1.165, 1.54) is 0 Å². The quantitative estimate of drug-likeness (QED) is 0.809. The number of amides is 1. The summed E-state index contributed by atoms with van der Waals surface area (Å²) < 4.78 is 62.6. The van der Waals surface area contributed by atoms with Gasteiger partial charge in [0.25, 0.3) is 0 Å². The van der Waals surface area contributed by atoms with Gasteiger partial charge in [0.2, 0.25) is 0 Å². The molecule has 1 saturated heterocycles. The molecule has 0 aromatic heterocycles. The van der Waals surface area contributed by atoms with Crippen molar-refractivity contribution >= 4 is 5.91 Å². The van der Waals surface area contributed by atoms with Gasteiger partial charge in [0.05, 0.1) is 0 Å². The van der Waals surface area contributed by atoms with Crippen molar-refractivity contribution in [3.8, 4) is 0 Å². The largest absolute Gasteiger partial charge is 0.463 e. The molecule has 1 aliphatic heterocycles. The lowest BCUT2D eigenvalue weighted by molar-refractivity contribution is -0.275. The molecule has 1 aliphatic rings. The first-order valence-electron chi connectivity index (χ1n) is 6.10. The molecule has 0 aromatic carbocycles. The normalized spacial score (nSPS) is 25.5. The summed E-state index contributed by atoms with van der Waals surface area (Å²) >= 11 is 0. The molecule has 1 amide bonds. The minimum atomic E-state index is -5.87. The van der Waals surface area contributed by atoms with Gasteiger partial charge < -0.3 is 10.6 Å². The van der Waals surface area contributed by atoms with Crippen LogP contribution in [0.4, 0.5) is 22.0 Å². The Morgan fingerprint density at radius 2 is 1.89 bits per heavy atom. The van der Waals surface area contributed by atoms with Crippen molar-refractivity contribution < 1.29 is 26.7 Å². The number of piperidine rings is 1. The van der Waals surface area contributed by atoms with E-state index in [1.54, 1.807) is 0 Å². The summed E-state index contributed by atoms with van der Waals surface area (Å²) in [6, 6.07) is -0.751. The second-order valence-electron chi connectivity index (χ2n) is 4.76. The number of nitrogens with two attached hydrogens (primary N) is 1. The Kier molecular flexibility index (Phi) is 4.76. The van der Waals surface area contributed by atoms with Crippen LogP contribution in [0.5, 0.6) is 0 Å². The van der Waals surface area contributed by atoms with E-state index >= 15 is 0 Å². The molecule has 8 heteroatoms. The maximum Gasteiger partial charge on any atom is 0.463 e. The van der Waals surface area contributed by atoms with E-state index in [0.717, 1.165) is 6.42 Å². The molecule has 3 nitrogen and oxygen atoms in total. The van der Waals surface area contributed by atoms with Crippen molar-refractivity contribution in [2.24, 2.45) is 11.7 Å². The maximum atomic E-state index is 13.0. The lowest BCUT2D eigenvalue weighted by atomic mass is 9.88. The predicted molar refractivity (Wildman–Crippen MR) is 58.6 cm³/mol. The molecule has 19 heavy (non-hydrogen) atoms. The van der Waals surface area contributed by atoms with Gasteiger partial charge in [-0.25, -0.2) is 0 Å². The SMILES string of the molecule is CCC1CCN(C(=O)C(F)(F)C(F)(F)F)C(CN)C1. The first-order chi connectivity index (χ1) is 8.65. The summed E-state index contributed by atoms with van der Waals surface area (Å²) in [5, 5.41) is 0. The summed E-state index contributed by atoms with van der Waals surface area (Å²) in [5.74, 6) is -7.33. The maximum absolute atomic E-state index is 13.0. The number of nitrogens with zero attached hydrogens (tertiary/aromatic N) is 1. The van der Waals surface area contributed by atoms with Crippen LogP contribution < -0.4 is 5.73 Å². The molecule has 0 aromatic rings. The Labute approximate surface area is 107 Å². The van der Waals surface area contributed by atoms with Gasteiger partial charge in [0, 0.05) is 19.1 Å². The van der Waals surface area contributed by atoms with Crippen molar-refractivity contribution in [1.82, 2.24) is 4.90 Å². The molecule has 0 saturated carbocycles. The molecular weight excluding hydrogens is 271 g/mol. The second-order valence-corrected chi connectivity index (χ2v) is 4.76. The monoisotopic (exact) mass is 288 g/mol. The number of carbonyl (C=O) groups excluding carboxylic acids is 1. The van der Waals surface area contributed by atoms with Gasteiger partial charge in [-0.3, -0.25) is 4.79 Å². The third-order valence-electron chi connectivity index (χ3n) is 3.56. The smallest absolute Gasteiger partial charge is 0.333 e. The van der Waals surface area contributed by atoms with E-state index in [0.29, 0.717) is 17.7 Å². The number of alkyl halides is 5.